The number of halogens is 2. The number of ketones is 1. The average Bonchev–Trinajstić information content (AvgIpc) is 2.27. The van der Waals surface area contributed by atoms with Crippen LogP contribution in [-0.2, 0) is 4.79 Å². The number of carbonyl (C=O) groups is 1. The van der Waals surface area contributed by atoms with Crippen LogP contribution in [0.1, 0.15) is 12.5 Å². The average molecular weight is 286 g/mol. The first-order valence-corrected chi connectivity index (χ1v) is 6.48. The fraction of sp³-hybridized carbons (Fsp3) is 0.357. The van der Waals surface area contributed by atoms with E-state index in [1.165, 1.54) is 0 Å². The second-order valence-corrected chi connectivity index (χ2v) is 5.35. The molecule has 0 saturated carbocycles. The molecule has 0 saturated heterocycles. The van der Waals surface area contributed by atoms with Gasteiger partial charge in [-0.15, -0.1) is 0 Å². The molecule has 0 aliphatic heterocycles. The Morgan fingerprint density at radius 1 is 1.33 bits per heavy atom. The summed E-state index contributed by atoms with van der Waals surface area (Å²) in [7, 11) is 3.89. The van der Waals surface area contributed by atoms with Crippen LogP contribution in [0.5, 0.6) is 0 Å². The van der Waals surface area contributed by atoms with E-state index in [0.29, 0.717) is 15.6 Å². The van der Waals surface area contributed by atoms with Gasteiger partial charge in [-0.05, 0) is 38.4 Å². The minimum Gasteiger partial charge on any atom is -0.309 e. The van der Waals surface area contributed by atoms with E-state index >= 15 is 0 Å². The van der Waals surface area contributed by atoms with Crippen molar-refractivity contribution in [3.63, 3.8) is 0 Å². The zero-order chi connectivity index (χ0) is 13.7. The Morgan fingerprint density at radius 2 is 1.89 bits per heavy atom. The highest BCUT2D eigenvalue weighted by Crippen LogP contribution is 2.25. The van der Waals surface area contributed by atoms with E-state index in [1.54, 1.807) is 30.4 Å². The normalized spacial score (nSPS) is 13.2. The molecule has 0 N–H and O–H groups in total. The summed E-state index contributed by atoms with van der Waals surface area (Å²) < 4.78 is 0. The lowest BCUT2D eigenvalue weighted by Crippen LogP contribution is -2.24. The Labute approximate surface area is 118 Å². The van der Waals surface area contributed by atoms with Crippen molar-refractivity contribution >= 4 is 35.1 Å². The van der Waals surface area contributed by atoms with Gasteiger partial charge in [0.15, 0.2) is 5.78 Å². The van der Waals surface area contributed by atoms with Crippen molar-refractivity contribution in [2.24, 2.45) is 5.92 Å². The second kappa shape index (κ2) is 6.93. The van der Waals surface area contributed by atoms with Crippen LogP contribution >= 0.6 is 23.2 Å². The van der Waals surface area contributed by atoms with Crippen LogP contribution in [0, 0.1) is 5.92 Å². The van der Waals surface area contributed by atoms with Crippen LogP contribution in [0.4, 0.5) is 0 Å². The summed E-state index contributed by atoms with van der Waals surface area (Å²) >= 11 is 12.0. The standard InChI is InChI=1S/C14H17Cl2NO/c1-10(9-17(2)3)14(18)8-7-11-12(15)5-4-6-13(11)16/h4-8,10H,9H2,1-3H3/b8-7-/t10-/m0/s1. The lowest BCUT2D eigenvalue weighted by molar-refractivity contribution is -0.118. The highest BCUT2D eigenvalue weighted by Gasteiger charge is 2.11. The van der Waals surface area contributed by atoms with Crippen LogP contribution < -0.4 is 0 Å². The molecular weight excluding hydrogens is 269 g/mol. The molecule has 0 radical (unpaired) electrons. The summed E-state index contributed by atoms with van der Waals surface area (Å²) in [6, 6.07) is 5.28. The molecule has 1 atom stereocenters. The molecule has 0 spiro atoms. The van der Waals surface area contributed by atoms with Crippen molar-refractivity contribution in [1.29, 1.82) is 0 Å². The van der Waals surface area contributed by atoms with E-state index in [-0.39, 0.29) is 11.7 Å². The van der Waals surface area contributed by atoms with Gasteiger partial charge in [-0.25, -0.2) is 0 Å². The number of rotatable bonds is 5. The SMILES string of the molecule is C[C@@H](CN(C)C)C(=O)/C=C\c1c(Cl)cccc1Cl. The molecule has 0 fully saturated rings. The van der Waals surface area contributed by atoms with Crippen molar-refractivity contribution in [2.45, 2.75) is 6.92 Å². The summed E-state index contributed by atoms with van der Waals surface area (Å²) in [6.45, 7) is 2.63. The third kappa shape index (κ3) is 4.45. The maximum absolute atomic E-state index is 11.9. The zero-order valence-electron chi connectivity index (χ0n) is 10.8. The molecule has 0 heterocycles. The molecule has 0 unspecified atom stereocenters. The van der Waals surface area contributed by atoms with Gasteiger partial charge in [0, 0.05) is 28.1 Å². The molecule has 4 heteroatoms. The van der Waals surface area contributed by atoms with Crippen molar-refractivity contribution in [3.05, 3.63) is 39.9 Å². The summed E-state index contributed by atoms with van der Waals surface area (Å²) in [4.78, 5) is 13.9. The van der Waals surface area contributed by atoms with E-state index in [1.807, 2.05) is 25.9 Å². The van der Waals surface area contributed by atoms with Crippen molar-refractivity contribution in [3.8, 4) is 0 Å². The van der Waals surface area contributed by atoms with Gasteiger partial charge in [-0.1, -0.05) is 36.2 Å². The minimum atomic E-state index is -0.0440. The van der Waals surface area contributed by atoms with E-state index in [9.17, 15) is 4.79 Å². The molecular formula is C14H17Cl2NO. The first kappa shape index (κ1) is 15.2. The first-order valence-electron chi connectivity index (χ1n) is 5.72. The molecule has 1 rings (SSSR count). The summed E-state index contributed by atoms with van der Waals surface area (Å²) in [5.41, 5.74) is 0.686. The van der Waals surface area contributed by atoms with Gasteiger partial charge in [-0.3, -0.25) is 4.79 Å². The maximum Gasteiger partial charge on any atom is 0.159 e. The minimum absolute atomic E-state index is 0.0440. The predicted octanol–water partition coefficient (Wildman–Crippen LogP) is 3.77. The lowest BCUT2D eigenvalue weighted by Gasteiger charge is -2.13. The van der Waals surface area contributed by atoms with E-state index in [0.717, 1.165) is 6.54 Å². The summed E-state index contributed by atoms with van der Waals surface area (Å²) in [5.74, 6) is 0.0252. The van der Waals surface area contributed by atoms with Crippen LogP contribution in [-0.4, -0.2) is 31.3 Å². The third-order valence-corrected chi connectivity index (χ3v) is 3.20. The van der Waals surface area contributed by atoms with E-state index in [4.69, 9.17) is 23.2 Å². The smallest absolute Gasteiger partial charge is 0.159 e. The Hall–Kier alpha value is -0.830. The van der Waals surface area contributed by atoms with Crippen molar-refractivity contribution in [2.75, 3.05) is 20.6 Å². The van der Waals surface area contributed by atoms with Crippen LogP contribution in [0.2, 0.25) is 10.0 Å². The molecule has 0 aromatic heterocycles. The quantitative estimate of drug-likeness (QED) is 0.768. The van der Waals surface area contributed by atoms with E-state index in [2.05, 4.69) is 0 Å². The number of benzene rings is 1. The van der Waals surface area contributed by atoms with Gasteiger partial charge in [0.25, 0.3) is 0 Å². The maximum atomic E-state index is 11.9. The molecule has 0 aliphatic carbocycles. The van der Waals surface area contributed by atoms with Crippen molar-refractivity contribution in [1.82, 2.24) is 4.90 Å². The Balaban J connectivity index is 2.78. The summed E-state index contributed by atoms with van der Waals surface area (Å²) in [6.07, 6.45) is 3.22. The number of nitrogens with zero attached hydrogens (tertiary/aromatic N) is 1. The second-order valence-electron chi connectivity index (χ2n) is 4.53. The molecule has 18 heavy (non-hydrogen) atoms. The highest BCUT2D eigenvalue weighted by atomic mass is 35.5. The summed E-state index contributed by atoms with van der Waals surface area (Å²) in [5, 5.41) is 1.10. The van der Waals surface area contributed by atoms with Gasteiger partial charge in [0.1, 0.15) is 0 Å². The number of carbonyl (C=O) groups excluding carboxylic acids is 1. The number of allylic oxidation sites excluding steroid dienone is 1. The van der Waals surface area contributed by atoms with Crippen LogP contribution in [0.25, 0.3) is 6.08 Å². The molecule has 0 bridgehead atoms. The van der Waals surface area contributed by atoms with Crippen LogP contribution in [0.15, 0.2) is 24.3 Å². The largest absolute Gasteiger partial charge is 0.309 e. The van der Waals surface area contributed by atoms with Crippen LogP contribution in [0.3, 0.4) is 0 Å². The molecule has 0 aliphatic rings. The molecule has 98 valence electrons. The number of hydrogen-bond acceptors (Lipinski definition) is 2. The monoisotopic (exact) mass is 285 g/mol. The number of hydrogen-bond donors (Lipinski definition) is 0. The van der Waals surface area contributed by atoms with Gasteiger partial charge < -0.3 is 4.90 Å². The Kier molecular flexibility index (Phi) is 5.86. The predicted molar refractivity (Wildman–Crippen MR) is 78.2 cm³/mol. The van der Waals surface area contributed by atoms with Gasteiger partial charge in [-0.2, -0.15) is 0 Å². The fourth-order valence-electron chi connectivity index (χ4n) is 1.64. The Morgan fingerprint density at radius 3 is 2.39 bits per heavy atom. The van der Waals surface area contributed by atoms with Gasteiger partial charge in [0.2, 0.25) is 0 Å². The van der Waals surface area contributed by atoms with Gasteiger partial charge >= 0.3 is 0 Å². The molecule has 2 nitrogen and oxygen atoms in total. The fourth-order valence-corrected chi connectivity index (χ4v) is 2.16. The highest BCUT2D eigenvalue weighted by molar-refractivity contribution is 6.37. The Bertz CT molecular complexity index is 435. The van der Waals surface area contributed by atoms with Crippen molar-refractivity contribution < 1.29 is 4.79 Å². The topological polar surface area (TPSA) is 20.3 Å². The molecule has 0 amide bonds. The van der Waals surface area contributed by atoms with E-state index < -0.39 is 0 Å². The third-order valence-electron chi connectivity index (χ3n) is 2.54. The molecule has 1 aromatic rings. The lowest BCUT2D eigenvalue weighted by atomic mass is 10.0. The van der Waals surface area contributed by atoms with Gasteiger partial charge in [0.05, 0.1) is 0 Å². The zero-order valence-corrected chi connectivity index (χ0v) is 12.3. The first-order chi connectivity index (χ1) is 8.41. The molecule has 1 aromatic carbocycles.